The minimum atomic E-state index is -2.74. The van der Waals surface area contributed by atoms with E-state index in [4.69, 9.17) is 20.4 Å². The van der Waals surface area contributed by atoms with Gasteiger partial charge in [-0.1, -0.05) is 0 Å². The van der Waals surface area contributed by atoms with Crippen LogP contribution in [0.2, 0.25) is 0 Å². The Morgan fingerprint density at radius 1 is 1.00 bits per heavy atom. The molecule has 0 saturated heterocycles. The molecular formula is C7H14ClNO7. The average molecular weight is 260 g/mol. The minimum absolute atomic E-state index is 0. The van der Waals surface area contributed by atoms with Gasteiger partial charge in [0.15, 0.2) is 5.60 Å². The number of carboxylic acids is 3. The number of rotatable bonds is 5. The predicted octanol–water partition coefficient (Wildman–Crippen LogP) is -0.231. The molecule has 0 aromatic heterocycles. The summed E-state index contributed by atoms with van der Waals surface area (Å²) in [5.74, 6) is -5.02. The summed E-state index contributed by atoms with van der Waals surface area (Å²) in [6, 6.07) is 0. The van der Waals surface area contributed by atoms with Crippen molar-refractivity contribution in [1.82, 2.24) is 6.15 Å². The number of hydrogen-bond acceptors (Lipinski definition) is 5. The lowest BCUT2D eigenvalue weighted by Gasteiger charge is -2.18. The molecule has 0 amide bonds. The highest BCUT2D eigenvalue weighted by molar-refractivity contribution is 6.15. The van der Waals surface area contributed by atoms with Crippen molar-refractivity contribution in [3.05, 3.63) is 0 Å². The van der Waals surface area contributed by atoms with Gasteiger partial charge in [0.25, 0.3) is 0 Å². The molecule has 9 heteroatoms. The van der Waals surface area contributed by atoms with E-state index in [0.29, 0.717) is 0 Å². The third-order valence-electron chi connectivity index (χ3n) is 1.29. The smallest absolute Gasteiger partial charge is 0.336 e. The van der Waals surface area contributed by atoms with Crippen LogP contribution in [0.15, 0.2) is 0 Å². The molecular weight excluding hydrogens is 246 g/mol. The molecule has 0 aliphatic heterocycles. The number of carbonyl (C=O) groups is 3. The molecule has 0 atom stereocenters. The first-order chi connectivity index (χ1) is 6.78. The zero-order valence-corrected chi connectivity index (χ0v) is 9.27. The van der Waals surface area contributed by atoms with Crippen LogP contribution in [0, 0.1) is 0 Å². The Hall–Kier alpha value is -1.38. The summed E-state index contributed by atoms with van der Waals surface area (Å²) in [7, 11) is 0. The number of carboxylic acid groups (broad SMARTS) is 3. The first kappa shape index (κ1) is 20.1. The number of halogens is 1. The maximum atomic E-state index is 10.3. The summed E-state index contributed by atoms with van der Waals surface area (Å²) in [4.78, 5) is 30.5. The van der Waals surface area contributed by atoms with E-state index in [-0.39, 0.29) is 6.15 Å². The molecule has 96 valence electrons. The zero-order chi connectivity index (χ0) is 12.6. The Balaban J connectivity index is -0.000000529. The summed E-state index contributed by atoms with van der Waals surface area (Å²) in [5.41, 5.74) is -2.74. The van der Waals surface area contributed by atoms with E-state index in [0.717, 1.165) is 0 Å². The van der Waals surface area contributed by atoms with Crippen molar-refractivity contribution in [2.45, 2.75) is 18.4 Å². The van der Waals surface area contributed by atoms with Gasteiger partial charge in [-0.05, 0) is 0 Å². The van der Waals surface area contributed by atoms with Crippen molar-refractivity contribution < 1.29 is 34.8 Å². The third kappa shape index (κ3) is 7.97. The average Bonchev–Trinajstić information content (AvgIpc) is 2.04. The summed E-state index contributed by atoms with van der Waals surface area (Å²) in [6.07, 6.45) is -0.816. The van der Waals surface area contributed by atoms with Crippen LogP contribution in [0.3, 0.4) is 0 Å². The van der Waals surface area contributed by atoms with E-state index in [1.807, 2.05) is 0 Å². The van der Waals surface area contributed by atoms with Gasteiger partial charge < -0.3 is 26.6 Å². The molecule has 0 aliphatic rings. The number of aliphatic carboxylic acids is 3. The fourth-order valence-corrected chi connectivity index (χ4v) is 0.714. The van der Waals surface area contributed by atoms with E-state index < -0.39 is 36.4 Å². The lowest BCUT2D eigenvalue weighted by molar-refractivity contribution is -0.170. The minimum Gasteiger partial charge on any atom is -0.481 e. The van der Waals surface area contributed by atoms with E-state index in [1.54, 1.807) is 0 Å². The van der Waals surface area contributed by atoms with E-state index >= 15 is 0 Å². The van der Waals surface area contributed by atoms with Gasteiger partial charge in [0.2, 0.25) is 0 Å². The molecule has 0 aromatic carbocycles. The zero-order valence-electron chi connectivity index (χ0n) is 8.51. The van der Waals surface area contributed by atoms with Gasteiger partial charge in [-0.3, -0.25) is 9.59 Å². The number of hydrogen-bond donors (Lipinski definition) is 5. The summed E-state index contributed by atoms with van der Waals surface area (Å²) < 4.78 is 0. The Morgan fingerprint density at radius 2 is 1.25 bits per heavy atom. The normalized spacial score (nSPS) is 9.19. The fourth-order valence-electron chi connectivity index (χ4n) is 0.714. The molecule has 0 radical (unpaired) electrons. The highest BCUT2D eigenvalue weighted by Crippen LogP contribution is 2.15. The van der Waals surface area contributed by atoms with Crippen molar-refractivity contribution in [1.29, 1.82) is 0 Å². The summed E-state index contributed by atoms with van der Waals surface area (Å²) in [5, 5.41) is 33.8. The molecule has 0 unspecified atom stereocenters. The molecule has 7 N–H and O–H groups in total. The van der Waals surface area contributed by atoms with Crippen LogP contribution in [0.1, 0.15) is 12.8 Å². The molecule has 0 rings (SSSR count). The lowest BCUT2D eigenvalue weighted by Crippen LogP contribution is -2.42. The van der Waals surface area contributed by atoms with Crippen LogP contribution in [0.25, 0.3) is 0 Å². The number of aliphatic hydroxyl groups is 1. The van der Waals surface area contributed by atoms with E-state index in [2.05, 4.69) is 11.6 Å². The first-order valence-corrected chi connectivity index (χ1v) is 4.30. The second kappa shape index (κ2) is 8.89. The van der Waals surface area contributed by atoms with E-state index in [9.17, 15) is 14.4 Å². The van der Waals surface area contributed by atoms with Gasteiger partial charge in [-0.2, -0.15) is 0 Å². The lowest BCUT2D eigenvalue weighted by atomic mass is 9.96. The first-order valence-electron chi connectivity index (χ1n) is 3.55. The maximum Gasteiger partial charge on any atom is 0.336 e. The Kier molecular flexibility index (Phi) is 11.2. The van der Waals surface area contributed by atoms with Crippen molar-refractivity contribution >= 4 is 29.5 Å². The van der Waals surface area contributed by atoms with Crippen LogP contribution in [0.4, 0.5) is 0 Å². The SMILES string of the molecule is CCl.N.O=C(O)CC(O)(CC(=O)O)C(=O)O. The van der Waals surface area contributed by atoms with Gasteiger partial charge in [-0.25, -0.2) is 4.79 Å². The quantitative estimate of drug-likeness (QED) is 0.422. The van der Waals surface area contributed by atoms with Gasteiger partial charge >= 0.3 is 17.9 Å². The highest BCUT2D eigenvalue weighted by atomic mass is 35.5. The van der Waals surface area contributed by atoms with Crippen LogP contribution in [-0.2, 0) is 14.4 Å². The molecule has 8 nitrogen and oxygen atoms in total. The van der Waals surface area contributed by atoms with Crippen molar-refractivity contribution in [2.75, 3.05) is 6.38 Å². The van der Waals surface area contributed by atoms with Crippen LogP contribution >= 0.6 is 11.6 Å². The highest BCUT2D eigenvalue weighted by Gasteiger charge is 2.40. The van der Waals surface area contributed by atoms with Gasteiger partial charge in [0.05, 0.1) is 12.8 Å². The van der Waals surface area contributed by atoms with E-state index in [1.165, 1.54) is 6.38 Å². The van der Waals surface area contributed by atoms with Crippen LogP contribution < -0.4 is 6.15 Å². The Labute approximate surface area is 96.0 Å². The molecule has 0 saturated carbocycles. The monoisotopic (exact) mass is 259 g/mol. The summed E-state index contributed by atoms with van der Waals surface area (Å²) >= 11 is 4.64. The topological polar surface area (TPSA) is 167 Å². The van der Waals surface area contributed by atoms with Crippen molar-refractivity contribution in [2.24, 2.45) is 0 Å². The standard InChI is InChI=1S/C6H8O7.CH3Cl.H3N/c7-3(8)1-6(13,5(11)12)2-4(9)10;1-2;/h13H,1-2H2,(H,7,8)(H,9,10)(H,11,12);1H3;1H3. The number of alkyl halides is 1. The third-order valence-corrected chi connectivity index (χ3v) is 1.29. The predicted molar refractivity (Wildman–Crippen MR) is 53.9 cm³/mol. The van der Waals surface area contributed by atoms with Gasteiger partial charge in [-0.15, -0.1) is 11.6 Å². The largest absolute Gasteiger partial charge is 0.481 e. The molecule has 0 bridgehead atoms. The van der Waals surface area contributed by atoms with Gasteiger partial charge in [0.1, 0.15) is 0 Å². The second-order valence-corrected chi connectivity index (χ2v) is 2.48. The van der Waals surface area contributed by atoms with Crippen LogP contribution in [-0.4, -0.2) is 50.3 Å². The van der Waals surface area contributed by atoms with Crippen molar-refractivity contribution in [3.8, 4) is 0 Å². The van der Waals surface area contributed by atoms with Crippen LogP contribution in [0.5, 0.6) is 0 Å². The molecule has 0 spiro atoms. The molecule has 0 heterocycles. The molecule has 0 aliphatic carbocycles. The molecule has 0 fully saturated rings. The summed E-state index contributed by atoms with van der Waals surface area (Å²) in [6.45, 7) is 0. The molecule has 0 aromatic rings. The maximum absolute atomic E-state index is 10.3. The Morgan fingerprint density at radius 3 is 1.38 bits per heavy atom. The van der Waals surface area contributed by atoms with Gasteiger partial charge in [0, 0.05) is 6.38 Å². The fraction of sp³-hybridized carbons (Fsp3) is 0.571. The second-order valence-electron chi connectivity index (χ2n) is 2.48. The Bertz CT molecular complexity index is 239. The van der Waals surface area contributed by atoms with Crippen molar-refractivity contribution in [3.63, 3.8) is 0 Å². The molecule has 16 heavy (non-hydrogen) atoms.